The number of aryl methyl sites for hydroxylation is 2. The Bertz CT molecular complexity index is 308. The van der Waals surface area contributed by atoms with Gasteiger partial charge in [-0.2, -0.15) is 0 Å². The van der Waals surface area contributed by atoms with Crippen LogP contribution in [0.3, 0.4) is 0 Å². The molecule has 0 unspecified atom stereocenters. The summed E-state index contributed by atoms with van der Waals surface area (Å²) < 4.78 is 0. The summed E-state index contributed by atoms with van der Waals surface area (Å²) in [6.07, 6.45) is 2.29. The van der Waals surface area contributed by atoms with E-state index in [2.05, 4.69) is 52.8 Å². The first-order valence-electron chi connectivity index (χ1n) is 5.61. The van der Waals surface area contributed by atoms with Gasteiger partial charge in [-0.3, -0.25) is 0 Å². The van der Waals surface area contributed by atoms with Crippen LogP contribution in [0.2, 0.25) is 0 Å². The zero-order chi connectivity index (χ0) is 10.8. The topological polar surface area (TPSA) is 31.5 Å². The lowest BCUT2D eigenvalue weighted by molar-refractivity contribution is 0.589. The Kier molecular flexibility index (Phi) is 5.02. The molecule has 1 heteroatoms. The normalized spacial score (nSPS) is 11.0. The van der Waals surface area contributed by atoms with Crippen molar-refractivity contribution in [2.24, 2.45) is 0 Å². The molecule has 15 heavy (non-hydrogen) atoms. The Balaban J connectivity index is 0.00000196. The Morgan fingerprint density at radius 3 is 1.87 bits per heavy atom. The maximum absolute atomic E-state index is 2.37. The van der Waals surface area contributed by atoms with Crippen molar-refractivity contribution < 1.29 is 5.48 Å². The molecule has 0 aliphatic carbocycles. The molecule has 2 N–H and O–H groups in total. The van der Waals surface area contributed by atoms with Crippen molar-refractivity contribution in [3.05, 3.63) is 34.9 Å². The molecule has 1 aromatic rings. The Labute approximate surface area is 93.8 Å². The molecule has 0 radical (unpaired) electrons. The summed E-state index contributed by atoms with van der Waals surface area (Å²) in [7, 11) is 0. The summed E-state index contributed by atoms with van der Waals surface area (Å²) in [5.74, 6) is 0. The minimum absolute atomic E-state index is 0. The van der Waals surface area contributed by atoms with E-state index in [1.165, 1.54) is 16.7 Å². The van der Waals surface area contributed by atoms with Crippen molar-refractivity contribution in [1.29, 1.82) is 0 Å². The van der Waals surface area contributed by atoms with Gasteiger partial charge in [-0.1, -0.05) is 52.8 Å². The van der Waals surface area contributed by atoms with Gasteiger partial charge >= 0.3 is 0 Å². The second kappa shape index (κ2) is 5.32. The van der Waals surface area contributed by atoms with Crippen molar-refractivity contribution in [3.8, 4) is 0 Å². The highest BCUT2D eigenvalue weighted by molar-refractivity contribution is 5.35. The van der Waals surface area contributed by atoms with Crippen LogP contribution in [0, 0.1) is 0 Å². The van der Waals surface area contributed by atoms with Gasteiger partial charge in [0.1, 0.15) is 0 Å². The summed E-state index contributed by atoms with van der Waals surface area (Å²) in [6, 6.07) is 6.94. The van der Waals surface area contributed by atoms with Gasteiger partial charge in [-0.05, 0) is 34.9 Å². The number of benzene rings is 1. The van der Waals surface area contributed by atoms with E-state index in [1.54, 1.807) is 0 Å². The third-order valence-corrected chi connectivity index (χ3v) is 2.83. The highest BCUT2D eigenvalue weighted by Crippen LogP contribution is 2.25. The van der Waals surface area contributed by atoms with E-state index in [0.29, 0.717) is 0 Å². The summed E-state index contributed by atoms with van der Waals surface area (Å²) in [5.41, 5.74) is 4.74. The Hall–Kier alpha value is -0.820. The van der Waals surface area contributed by atoms with Gasteiger partial charge < -0.3 is 5.48 Å². The molecule has 0 heterocycles. The van der Waals surface area contributed by atoms with Crippen LogP contribution < -0.4 is 0 Å². The molecule has 1 aromatic carbocycles. The number of hydrogen-bond acceptors (Lipinski definition) is 0. The summed E-state index contributed by atoms with van der Waals surface area (Å²) in [6.45, 7) is 11.3. The highest BCUT2D eigenvalue weighted by atomic mass is 16.0. The summed E-state index contributed by atoms with van der Waals surface area (Å²) in [5, 5.41) is 0. The van der Waals surface area contributed by atoms with E-state index >= 15 is 0 Å². The molecule has 1 nitrogen and oxygen atoms in total. The fraction of sp³-hybridized carbons (Fsp3) is 0.571. The highest BCUT2D eigenvalue weighted by Gasteiger charge is 2.14. The quantitative estimate of drug-likeness (QED) is 0.714. The van der Waals surface area contributed by atoms with Gasteiger partial charge in [0.15, 0.2) is 0 Å². The van der Waals surface area contributed by atoms with E-state index in [-0.39, 0.29) is 10.9 Å². The van der Waals surface area contributed by atoms with Crippen molar-refractivity contribution >= 4 is 0 Å². The summed E-state index contributed by atoms with van der Waals surface area (Å²) >= 11 is 0. The third-order valence-electron chi connectivity index (χ3n) is 2.83. The lowest BCUT2D eigenvalue weighted by Crippen LogP contribution is -2.11. The average molecular weight is 208 g/mol. The molecular weight excluding hydrogens is 184 g/mol. The van der Waals surface area contributed by atoms with E-state index in [9.17, 15) is 0 Å². The van der Waals surface area contributed by atoms with Gasteiger partial charge in [0.2, 0.25) is 0 Å². The van der Waals surface area contributed by atoms with Crippen LogP contribution in [0.15, 0.2) is 18.2 Å². The molecular formula is C14H24O. The maximum atomic E-state index is 2.37. The fourth-order valence-corrected chi connectivity index (χ4v) is 1.77. The van der Waals surface area contributed by atoms with E-state index in [4.69, 9.17) is 0 Å². The first-order chi connectivity index (χ1) is 6.49. The zero-order valence-electron chi connectivity index (χ0n) is 10.6. The molecule has 1 rings (SSSR count). The molecule has 0 fully saturated rings. The van der Waals surface area contributed by atoms with Gasteiger partial charge in [0.05, 0.1) is 0 Å². The maximum Gasteiger partial charge on any atom is -0.0132 e. The predicted octanol–water partition coefficient (Wildman–Crippen LogP) is 3.28. The molecule has 0 aromatic heterocycles. The SMILES string of the molecule is CCc1ccc(C(C)(C)C)cc1CC.O. The number of rotatable bonds is 2. The molecule has 0 aliphatic rings. The Morgan fingerprint density at radius 1 is 0.933 bits per heavy atom. The molecule has 0 bridgehead atoms. The first-order valence-corrected chi connectivity index (χ1v) is 5.61. The monoisotopic (exact) mass is 208 g/mol. The van der Waals surface area contributed by atoms with Gasteiger partial charge in [0, 0.05) is 0 Å². The van der Waals surface area contributed by atoms with Crippen molar-refractivity contribution in [2.75, 3.05) is 0 Å². The first kappa shape index (κ1) is 14.2. The van der Waals surface area contributed by atoms with Gasteiger partial charge in [0.25, 0.3) is 0 Å². The number of hydrogen-bond donors (Lipinski definition) is 0. The minimum Gasteiger partial charge on any atom is -0.412 e. The smallest absolute Gasteiger partial charge is 0.0132 e. The van der Waals surface area contributed by atoms with Crippen molar-refractivity contribution in [2.45, 2.75) is 52.9 Å². The molecule has 0 saturated carbocycles. The standard InChI is InChI=1S/C14H22.H2O/c1-6-11-8-9-13(14(3,4)5)10-12(11)7-2;/h8-10H,6-7H2,1-5H3;1H2. The van der Waals surface area contributed by atoms with Crippen molar-refractivity contribution in [3.63, 3.8) is 0 Å². The molecule has 0 saturated heterocycles. The van der Waals surface area contributed by atoms with Crippen LogP contribution in [-0.4, -0.2) is 5.48 Å². The second-order valence-corrected chi connectivity index (χ2v) is 4.94. The van der Waals surface area contributed by atoms with Crippen LogP contribution in [0.1, 0.15) is 51.3 Å². The van der Waals surface area contributed by atoms with Crippen LogP contribution in [0.5, 0.6) is 0 Å². The van der Waals surface area contributed by atoms with Gasteiger partial charge in [-0.25, -0.2) is 0 Å². The average Bonchev–Trinajstić information content (AvgIpc) is 2.15. The van der Waals surface area contributed by atoms with Crippen LogP contribution in [-0.2, 0) is 18.3 Å². The minimum atomic E-state index is 0. The van der Waals surface area contributed by atoms with E-state index in [1.807, 2.05) is 0 Å². The zero-order valence-corrected chi connectivity index (χ0v) is 10.6. The predicted molar refractivity (Wildman–Crippen MR) is 67.5 cm³/mol. The molecule has 0 atom stereocenters. The van der Waals surface area contributed by atoms with Gasteiger partial charge in [-0.15, -0.1) is 0 Å². The third kappa shape index (κ3) is 3.35. The Morgan fingerprint density at radius 2 is 1.47 bits per heavy atom. The fourth-order valence-electron chi connectivity index (χ4n) is 1.77. The summed E-state index contributed by atoms with van der Waals surface area (Å²) in [4.78, 5) is 0. The second-order valence-electron chi connectivity index (χ2n) is 4.94. The lowest BCUT2D eigenvalue weighted by atomic mass is 9.84. The lowest BCUT2D eigenvalue weighted by Gasteiger charge is -2.21. The van der Waals surface area contributed by atoms with Crippen molar-refractivity contribution in [1.82, 2.24) is 0 Å². The van der Waals surface area contributed by atoms with Crippen LogP contribution >= 0.6 is 0 Å². The molecule has 0 aliphatic heterocycles. The van der Waals surface area contributed by atoms with Crippen LogP contribution in [0.4, 0.5) is 0 Å². The molecule has 0 spiro atoms. The van der Waals surface area contributed by atoms with E-state index < -0.39 is 0 Å². The van der Waals surface area contributed by atoms with Crippen LogP contribution in [0.25, 0.3) is 0 Å². The van der Waals surface area contributed by atoms with E-state index in [0.717, 1.165) is 12.8 Å². The molecule has 86 valence electrons. The largest absolute Gasteiger partial charge is 0.412 e. The molecule has 0 amide bonds.